The van der Waals surface area contributed by atoms with Gasteiger partial charge in [-0.15, -0.1) is 0 Å². The zero-order chi connectivity index (χ0) is 14.3. The Balaban J connectivity index is 2.66. The van der Waals surface area contributed by atoms with Crippen molar-refractivity contribution in [2.45, 2.75) is 25.9 Å². The van der Waals surface area contributed by atoms with Gasteiger partial charge in [-0.25, -0.2) is 4.39 Å². The molecule has 0 heterocycles. The van der Waals surface area contributed by atoms with Gasteiger partial charge in [0, 0.05) is 12.1 Å². The number of nitrogens with zero attached hydrogens (tertiary/aromatic N) is 1. The predicted molar refractivity (Wildman–Crippen MR) is 71.9 cm³/mol. The number of halogens is 1. The molecule has 0 radical (unpaired) electrons. The van der Waals surface area contributed by atoms with Gasteiger partial charge in [-0.3, -0.25) is 9.69 Å². The van der Waals surface area contributed by atoms with E-state index < -0.39 is 17.8 Å². The molecule has 3 N–H and O–H groups in total. The van der Waals surface area contributed by atoms with Crippen LogP contribution in [-0.2, 0) is 4.79 Å². The molecule has 0 fully saturated rings. The van der Waals surface area contributed by atoms with Gasteiger partial charge in [0.15, 0.2) is 0 Å². The van der Waals surface area contributed by atoms with Crippen LogP contribution in [0.25, 0.3) is 0 Å². The number of amides is 1. The summed E-state index contributed by atoms with van der Waals surface area (Å²) in [5.74, 6) is -0.888. The first-order chi connectivity index (χ1) is 9.04. The van der Waals surface area contributed by atoms with Crippen LogP contribution >= 0.6 is 0 Å². The van der Waals surface area contributed by atoms with E-state index in [4.69, 9.17) is 5.73 Å². The summed E-state index contributed by atoms with van der Waals surface area (Å²) in [6.07, 6.45) is 0.917. The Labute approximate surface area is 113 Å². The molecule has 0 spiro atoms. The second kappa shape index (κ2) is 7.86. The lowest BCUT2D eigenvalue weighted by Gasteiger charge is -2.24. The molecule has 0 saturated carbocycles. The van der Waals surface area contributed by atoms with E-state index in [1.165, 1.54) is 6.07 Å². The third kappa shape index (κ3) is 5.36. The molecular formula is C14H21FN2O2. The number of nitrogens with two attached hydrogens (primary N) is 1. The van der Waals surface area contributed by atoms with Crippen molar-refractivity contribution in [2.75, 3.05) is 19.6 Å². The zero-order valence-corrected chi connectivity index (χ0v) is 11.2. The van der Waals surface area contributed by atoms with Crippen LogP contribution in [-0.4, -0.2) is 35.5 Å². The van der Waals surface area contributed by atoms with E-state index in [0.717, 1.165) is 12.8 Å². The quantitative estimate of drug-likeness (QED) is 0.750. The van der Waals surface area contributed by atoms with Crippen LogP contribution in [0.3, 0.4) is 0 Å². The number of hydrogen-bond donors (Lipinski definition) is 2. The maximum Gasteiger partial charge on any atom is 0.231 e. The molecule has 0 aliphatic rings. The first kappa shape index (κ1) is 15.6. The molecule has 19 heavy (non-hydrogen) atoms. The molecule has 4 nitrogen and oxygen atoms in total. The molecule has 0 aliphatic heterocycles. The summed E-state index contributed by atoms with van der Waals surface area (Å²) in [5, 5.41) is 10.1. The fourth-order valence-corrected chi connectivity index (χ4v) is 1.93. The first-order valence-corrected chi connectivity index (χ1v) is 6.47. The Hall–Kier alpha value is -1.46. The monoisotopic (exact) mass is 268 g/mol. The Kier molecular flexibility index (Phi) is 6.45. The van der Waals surface area contributed by atoms with Crippen LogP contribution in [0.1, 0.15) is 31.4 Å². The Morgan fingerprint density at radius 2 is 2.16 bits per heavy atom. The number of unbranched alkanes of at least 4 members (excludes halogenated alkanes) is 1. The van der Waals surface area contributed by atoms with Crippen molar-refractivity contribution in [1.82, 2.24) is 4.90 Å². The van der Waals surface area contributed by atoms with Crippen LogP contribution in [0.4, 0.5) is 4.39 Å². The molecule has 0 saturated heterocycles. The van der Waals surface area contributed by atoms with Gasteiger partial charge >= 0.3 is 0 Å². The van der Waals surface area contributed by atoms with Crippen molar-refractivity contribution >= 4 is 5.91 Å². The van der Waals surface area contributed by atoms with Gasteiger partial charge in [0.1, 0.15) is 5.82 Å². The number of carbonyl (C=O) groups is 1. The molecule has 0 aliphatic carbocycles. The highest BCUT2D eigenvalue weighted by Gasteiger charge is 2.17. The molecule has 1 aromatic rings. The van der Waals surface area contributed by atoms with E-state index in [-0.39, 0.29) is 18.7 Å². The number of aliphatic hydroxyl groups excluding tert-OH is 1. The van der Waals surface area contributed by atoms with E-state index in [0.29, 0.717) is 6.54 Å². The zero-order valence-electron chi connectivity index (χ0n) is 11.2. The van der Waals surface area contributed by atoms with Crippen molar-refractivity contribution in [1.29, 1.82) is 0 Å². The summed E-state index contributed by atoms with van der Waals surface area (Å²) in [6, 6.07) is 6.10. The van der Waals surface area contributed by atoms with Crippen molar-refractivity contribution < 1.29 is 14.3 Å². The summed E-state index contributed by atoms with van der Waals surface area (Å²) < 4.78 is 13.5. The molecule has 1 rings (SSSR count). The largest absolute Gasteiger partial charge is 0.387 e. The highest BCUT2D eigenvalue weighted by molar-refractivity contribution is 5.75. The normalized spacial score (nSPS) is 12.6. The molecule has 1 amide bonds. The smallest absolute Gasteiger partial charge is 0.231 e. The summed E-state index contributed by atoms with van der Waals surface area (Å²) in [4.78, 5) is 12.7. The third-order valence-corrected chi connectivity index (χ3v) is 2.90. The van der Waals surface area contributed by atoms with Gasteiger partial charge in [0.2, 0.25) is 5.91 Å². The minimum Gasteiger partial charge on any atom is -0.387 e. The maximum atomic E-state index is 13.5. The van der Waals surface area contributed by atoms with Crippen LogP contribution in [0, 0.1) is 5.82 Å². The number of aliphatic hydroxyl groups is 1. The Bertz CT molecular complexity index is 412. The lowest BCUT2D eigenvalue weighted by molar-refractivity contribution is -0.119. The minimum atomic E-state index is -0.961. The maximum absolute atomic E-state index is 13.5. The van der Waals surface area contributed by atoms with Crippen LogP contribution < -0.4 is 5.73 Å². The third-order valence-electron chi connectivity index (χ3n) is 2.90. The lowest BCUT2D eigenvalue weighted by atomic mass is 10.1. The summed E-state index contributed by atoms with van der Waals surface area (Å²) in [7, 11) is 0. The van der Waals surface area contributed by atoms with E-state index in [1.54, 1.807) is 23.1 Å². The molecule has 1 unspecified atom stereocenters. The standard InChI is InChI=1S/C14H21FN2O2/c1-2-3-8-17(10-14(16)19)9-13(18)11-6-4-5-7-12(11)15/h4-7,13,18H,2-3,8-10H2,1H3,(H2,16,19). The van der Waals surface area contributed by atoms with Crippen LogP contribution in [0.15, 0.2) is 24.3 Å². The SMILES string of the molecule is CCCCN(CC(N)=O)CC(O)c1ccccc1F. The Morgan fingerprint density at radius 1 is 1.47 bits per heavy atom. The average molecular weight is 268 g/mol. The van der Waals surface area contributed by atoms with Gasteiger partial charge in [-0.05, 0) is 19.0 Å². The number of rotatable bonds is 8. The molecule has 106 valence electrons. The highest BCUT2D eigenvalue weighted by Crippen LogP contribution is 2.17. The predicted octanol–water partition coefficient (Wildman–Crippen LogP) is 1.45. The molecular weight excluding hydrogens is 247 g/mol. The summed E-state index contributed by atoms with van der Waals surface area (Å²) >= 11 is 0. The van der Waals surface area contributed by atoms with Crippen molar-refractivity contribution in [3.8, 4) is 0 Å². The molecule has 1 aromatic carbocycles. The number of carbonyl (C=O) groups excluding carboxylic acids is 1. The lowest BCUT2D eigenvalue weighted by Crippen LogP contribution is -2.37. The van der Waals surface area contributed by atoms with E-state index in [9.17, 15) is 14.3 Å². The number of hydrogen-bond acceptors (Lipinski definition) is 3. The van der Waals surface area contributed by atoms with Gasteiger partial charge < -0.3 is 10.8 Å². The molecule has 1 atom stereocenters. The topological polar surface area (TPSA) is 66.6 Å². The fraction of sp³-hybridized carbons (Fsp3) is 0.500. The first-order valence-electron chi connectivity index (χ1n) is 6.47. The second-order valence-corrected chi connectivity index (χ2v) is 4.59. The second-order valence-electron chi connectivity index (χ2n) is 4.59. The Morgan fingerprint density at radius 3 is 2.74 bits per heavy atom. The van der Waals surface area contributed by atoms with Crippen molar-refractivity contribution in [3.05, 3.63) is 35.6 Å². The fourth-order valence-electron chi connectivity index (χ4n) is 1.93. The van der Waals surface area contributed by atoms with Gasteiger partial charge in [0.05, 0.1) is 12.6 Å². The van der Waals surface area contributed by atoms with Gasteiger partial charge in [-0.1, -0.05) is 31.5 Å². The summed E-state index contributed by atoms with van der Waals surface area (Å²) in [6.45, 7) is 2.97. The van der Waals surface area contributed by atoms with E-state index in [2.05, 4.69) is 0 Å². The molecule has 0 aromatic heterocycles. The average Bonchev–Trinajstić information content (AvgIpc) is 2.35. The van der Waals surface area contributed by atoms with E-state index >= 15 is 0 Å². The highest BCUT2D eigenvalue weighted by atomic mass is 19.1. The summed E-state index contributed by atoms with van der Waals surface area (Å²) in [5.41, 5.74) is 5.42. The van der Waals surface area contributed by atoms with Gasteiger partial charge in [0.25, 0.3) is 0 Å². The van der Waals surface area contributed by atoms with Gasteiger partial charge in [-0.2, -0.15) is 0 Å². The number of benzene rings is 1. The minimum absolute atomic E-state index is 0.0749. The number of primary amides is 1. The van der Waals surface area contributed by atoms with Crippen LogP contribution in [0.2, 0.25) is 0 Å². The van der Waals surface area contributed by atoms with E-state index in [1.807, 2.05) is 6.92 Å². The van der Waals surface area contributed by atoms with Crippen molar-refractivity contribution in [3.63, 3.8) is 0 Å². The van der Waals surface area contributed by atoms with Crippen molar-refractivity contribution in [2.24, 2.45) is 5.73 Å². The molecule has 5 heteroatoms. The molecule has 0 bridgehead atoms. The van der Waals surface area contributed by atoms with Crippen LogP contribution in [0.5, 0.6) is 0 Å².